The Hall–Kier alpha value is -3.69. The van der Waals surface area contributed by atoms with Crippen molar-refractivity contribution in [1.29, 1.82) is 5.26 Å². The number of benzene rings is 1. The molecule has 0 aliphatic rings. The van der Waals surface area contributed by atoms with Crippen LogP contribution in [0.2, 0.25) is 0 Å². The molecule has 2 rings (SSSR count). The van der Waals surface area contributed by atoms with E-state index in [2.05, 4.69) is 19.8 Å². The molecule has 0 unspecified atom stereocenters. The molecule has 164 valence electrons. The fourth-order valence-corrected chi connectivity index (χ4v) is 3.35. The summed E-state index contributed by atoms with van der Waals surface area (Å²) in [6.07, 6.45) is 0. The zero-order valence-electron chi connectivity index (χ0n) is 16.8. The molecule has 0 aliphatic carbocycles. The van der Waals surface area contributed by atoms with Crippen molar-refractivity contribution in [2.75, 3.05) is 26.0 Å². The van der Waals surface area contributed by atoms with Crippen LogP contribution >= 0.6 is 0 Å². The molecule has 0 radical (unpaired) electrons. The first-order valence-corrected chi connectivity index (χ1v) is 10.5. The number of nitrogen functional groups attached to an aromatic ring is 1. The molecule has 0 fully saturated rings. The Morgan fingerprint density at radius 2 is 1.94 bits per heavy atom. The Balaban J connectivity index is 2.06. The number of carbonyl (C=O) groups is 2. The van der Waals surface area contributed by atoms with E-state index in [1.807, 2.05) is 6.07 Å². The molecule has 12 heteroatoms. The van der Waals surface area contributed by atoms with Crippen LogP contribution in [-0.2, 0) is 26.1 Å². The van der Waals surface area contributed by atoms with Crippen LogP contribution in [0.1, 0.15) is 28.5 Å². The van der Waals surface area contributed by atoms with Gasteiger partial charge in [-0.3, -0.25) is 9.59 Å². The largest absolute Gasteiger partial charge is 0.477 e. The zero-order valence-corrected chi connectivity index (χ0v) is 17.7. The van der Waals surface area contributed by atoms with Gasteiger partial charge < -0.3 is 20.5 Å². The minimum absolute atomic E-state index is 0.0221. The summed E-state index contributed by atoms with van der Waals surface area (Å²) in [4.78, 5) is 27.5. The number of nitrogens with zero attached hydrogens (tertiary/aromatic N) is 2. The second kappa shape index (κ2) is 10.4. The van der Waals surface area contributed by atoms with Gasteiger partial charge in [-0.25, -0.2) is 13.4 Å². The van der Waals surface area contributed by atoms with E-state index in [4.69, 9.17) is 15.7 Å². The van der Waals surface area contributed by atoms with Crippen molar-refractivity contribution in [3.8, 4) is 11.9 Å². The van der Waals surface area contributed by atoms with Gasteiger partial charge in [0, 0.05) is 6.54 Å². The van der Waals surface area contributed by atoms with Gasteiger partial charge in [0.1, 0.15) is 23.9 Å². The van der Waals surface area contributed by atoms with Crippen molar-refractivity contribution >= 4 is 27.6 Å². The van der Waals surface area contributed by atoms with Gasteiger partial charge in [-0.15, -0.1) is 0 Å². The highest BCUT2D eigenvalue weighted by Crippen LogP contribution is 2.22. The average Bonchev–Trinajstić information content (AvgIpc) is 2.76. The Morgan fingerprint density at radius 3 is 2.52 bits per heavy atom. The van der Waals surface area contributed by atoms with E-state index in [1.165, 1.54) is 30.3 Å². The van der Waals surface area contributed by atoms with Gasteiger partial charge in [0.05, 0.1) is 24.3 Å². The van der Waals surface area contributed by atoms with Crippen LogP contribution in [0.3, 0.4) is 0 Å². The van der Waals surface area contributed by atoms with E-state index in [9.17, 15) is 18.0 Å². The first-order chi connectivity index (χ1) is 14.7. The standard InChI is InChI=1S/C19H21N5O6S/c1-3-30-19-14(9-20)15(21)8-16(24-19)18(26)22-10-12-4-6-13(7-5-12)31(27,28)23-11-17(25)29-2/h4-8,23H,3,10-11H2,1-2H3,(H2,21,24)(H,22,26). The molecule has 0 saturated carbocycles. The maximum atomic E-state index is 12.4. The molecule has 4 N–H and O–H groups in total. The summed E-state index contributed by atoms with van der Waals surface area (Å²) in [6, 6.07) is 8.87. The number of sulfonamides is 1. The highest BCUT2D eigenvalue weighted by molar-refractivity contribution is 7.89. The predicted octanol–water partition coefficient (Wildman–Crippen LogP) is 0.315. The lowest BCUT2D eigenvalue weighted by atomic mass is 10.2. The van der Waals surface area contributed by atoms with E-state index in [0.717, 1.165) is 7.11 Å². The van der Waals surface area contributed by atoms with Crippen molar-refractivity contribution in [3.63, 3.8) is 0 Å². The quantitative estimate of drug-likeness (QED) is 0.457. The average molecular weight is 447 g/mol. The highest BCUT2D eigenvalue weighted by Gasteiger charge is 2.17. The summed E-state index contributed by atoms with van der Waals surface area (Å²) in [6.45, 7) is 1.55. The number of pyridine rings is 1. The van der Waals surface area contributed by atoms with Crippen molar-refractivity contribution in [2.24, 2.45) is 0 Å². The molecule has 0 atom stereocenters. The second-order valence-electron chi connectivity index (χ2n) is 6.05. The van der Waals surface area contributed by atoms with Crippen LogP contribution < -0.4 is 20.5 Å². The lowest BCUT2D eigenvalue weighted by Gasteiger charge is -2.10. The Labute approximate surface area is 179 Å². The van der Waals surface area contributed by atoms with Crippen molar-refractivity contribution in [3.05, 3.63) is 47.2 Å². The van der Waals surface area contributed by atoms with Crippen LogP contribution in [0, 0.1) is 11.3 Å². The first-order valence-electron chi connectivity index (χ1n) is 8.98. The van der Waals surface area contributed by atoms with Crippen molar-refractivity contribution in [1.82, 2.24) is 15.0 Å². The van der Waals surface area contributed by atoms with Crippen LogP contribution in [0.25, 0.3) is 0 Å². The number of amides is 1. The van der Waals surface area contributed by atoms with Crippen LogP contribution in [0.15, 0.2) is 35.2 Å². The summed E-state index contributed by atoms with van der Waals surface area (Å²) in [5, 5.41) is 11.8. The van der Waals surface area contributed by atoms with Gasteiger partial charge in [0.2, 0.25) is 15.9 Å². The maximum Gasteiger partial charge on any atom is 0.320 e. The van der Waals surface area contributed by atoms with Crippen LogP contribution in [0.4, 0.5) is 5.69 Å². The molecule has 0 saturated heterocycles. The number of anilines is 1. The van der Waals surface area contributed by atoms with Crippen molar-refractivity contribution < 1.29 is 27.5 Å². The fraction of sp³-hybridized carbons (Fsp3) is 0.263. The lowest BCUT2D eigenvalue weighted by molar-refractivity contribution is -0.139. The Morgan fingerprint density at radius 1 is 1.26 bits per heavy atom. The predicted molar refractivity (Wildman–Crippen MR) is 109 cm³/mol. The minimum Gasteiger partial charge on any atom is -0.477 e. The summed E-state index contributed by atoms with van der Waals surface area (Å²) in [7, 11) is -2.73. The normalized spacial score (nSPS) is 10.7. The molecular formula is C19H21N5O6S. The fourth-order valence-electron chi connectivity index (χ4n) is 2.38. The summed E-state index contributed by atoms with van der Waals surface area (Å²) < 4.78 is 36.1. The molecular weight excluding hydrogens is 426 g/mol. The number of methoxy groups -OCH3 is 1. The van der Waals surface area contributed by atoms with Gasteiger partial charge in [-0.1, -0.05) is 12.1 Å². The van der Waals surface area contributed by atoms with Gasteiger partial charge in [-0.2, -0.15) is 9.98 Å². The van der Waals surface area contributed by atoms with Gasteiger partial charge in [-0.05, 0) is 30.7 Å². The number of carbonyl (C=O) groups excluding carboxylic acids is 2. The Bertz CT molecular complexity index is 1110. The Kier molecular flexibility index (Phi) is 7.89. The number of aromatic nitrogens is 1. The molecule has 31 heavy (non-hydrogen) atoms. The molecule has 0 spiro atoms. The number of hydrogen-bond donors (Lipinski definition) is 3. The molecule has 11 nitrogen and oxygen atoms in total. The third-order valence-corrected chi connectivity index (χ3v) is 5.38. The van der Waals surface area contributed by atoms with E-state index >= 15 is 0 Å². The zero-order chi connectivity index (χ0) is 23.0. The minimum atomic E-state index is -3.88. The lowest BCUT2D eigenvalue weighted by Crippen LogP contribution is -2.30. The van der Waals surface area contributed by atoms with Gasteiger partial charge in [0.25, 0.3) is 5.91 Å². The second-order valence-corrected chi connectivity index (χ2v) is 7.82. The topological polar surface area (TPSA) is 173 Å². The smallest absolute Gasteiger partial charge is 0.320 e. The summed E-state index contributed by atoms with van der Waals surface area (Å²) >= 11 is 0. The molecule has 2 aromatic rings. The van der Waals surface area contributed by atoms with Crippen molar-refractivity contribution in [2.45, 2.75) is 18.4 Å². The van der Waals surface area contributed by atoms with E-state index in [0.29, 0.717) is 5.56 Å². The van der Waals surface area contributed by atoms with Gasteiger partial charge >= 0.3 is 5.97 Å². The first kappa shape index (κ1) is 23.6. The number of nitrogens with two attached hydrogens (primary N) is 1. The molecule has 1 heterocycles. The third kappa shape index (κ3) is 6.14. The van der Waals surface area contributed by atoms with E-state index in [-0.39, 0.29) is 40.9 Å². The third-order valence-electron chi connectivity index (χ3n) is 3.96. The SMILES string of the molecule is CCOc1nc(C(=O)NCc2ccc(S(=O)(=O)NCC(=O)OC)cc2)cc(N)c1C#N. The maximum absolute atomic E-state index is 12.4. The monoisotopic (exact) mass is 447 g/mol. The molecule has 1 aromatic heterocycles. The van der Waals surface area contributed by atoms with Crippen LogP contribution in [0.5, 0.6) is 5.88 Å². The molecule has 0 aliphatic heterocycles. The number of nitrogens with one attached hydrogen (secondary N) is 2. The number of esters is 1. The number of hydrogen-bond acceptors (Lipinski definition) is 9. The molecule has 1 amide bonds. The number of rotatable bonds is 9. The summed E-state index contributed by atoms with van der Waals surface area (Å²) in [5.41, 5.74) is 6.52. The van der Waals surface area contributed by atoms with Gasteiger partial charge in [0.15, 0.2) is 0 Å². The number of ether oxygens (including phenoxy) is 2. The molecule has 0 bridgehead atoms. The summed E-state index contributed by atoms with van der Waals surface area (Å²) in [5.74, 6) is -1.29. The van der Waals surface area contributed by atoms with E-state index in [1.54, 1.807) is 6.92 Å². The highest BCUT2D eigenvalue weighted by atomic mass is 32.2. The number of nitriles is 1. The van der Waals surface area contributed by atoms with E-state index < -0.39 is 28.4 Å². The van der Waals surface area contributed by atoms with Crippen LogP contribution in [-0.4, -0.2) is 45.5 Å². The molecule has 1 aromatic carbocycles.